The Morgan fingerprint density at radius 1 is 1.31 bits per heavy atom. The van der Waals surface area contributed by atoms with Gasteiger partial charge in [-0.25, -0.2) is 0 Å². The number of hydrogen-bond acceptors (Lipinski definition) is 4. The van der Waals surface area contributed by atoms with Gasteiger partial charge in [-0.1, -0.05) is 6.92 Å². The zero-order valence-electron chi connectivity index (χ0n) is 10.5. The molecule has 1 unspecified atom stereocenters. The maximum absolute atomic E-state index is 11.7. The van der Waals surface area contributed by atoms with Gasteiger partial charge in [0.1, 0.15) is 6.61 Å². The normalized spacial score (nSPS) is 12.0. The number of rotatable bonds is 7. The highest BCUT2D eigenvalue weighted by atomic mass is 16.5. The molecule has 0 saturated carbocycles. The highest BCUT2D eigenvalue weighted by molar-refractivity contribution is 5.78. The average Bonchev–Trinajstić information content (AvgIpc) is 2.28. The fourth-order valence-corrected chi connectivity index (χ4v) is 1.33. The lowest BCUT2D eigenvalue weighted by Crippen LogP contribution is -2.41. The predicted octanol–water partition coefficient (Wildman–Crippen LogP) is 0.823. The van der Waals surface area contributed by atoms with Crippen LogP contribution in [0.25, 0.3) is 0 Å². The van der Waals surface area contributed by atoms with Crippen LogP contribution in [0.15, 0.2) is 0 Å². The van der Waals surface area contributed by atoms with E-state index in [1.807, 2.05) is 13.8 Å². The van der Waals surface area contributed by atoms with Gasteiger partial charge in [0.2, 0.25) is 5.91 Å². The van der Waals surface area contributed by atoms with Crippen molar-refractivity contribution < 1.29 is 19.1 Å². The van der Waals surface area contributed by atoms with E-state index in [1.54, 1.807) is 4.90 Å². The molecule has 1 atom stereocenters. The lowest BCUT2D eigenvalue weighted by molar-refractivity contribution is -0.143. The summed E-state index contributed by atoms with van der Waals surface area (Å²) in [5, 5.41) is 0. The minimum Gasteiger partial charge on any atom is -0.469 e. The molecule has 0 spiro atoms. The van der Waals surface area contributed by atoms with Crippen molar-refractivity contribution in [2.24, 2.45) is 0 Å². The SMILES string of the molecule is CCC(C)N(CCC(=O)OC)C(=O)COC. The first kappa shape index (κ1) is 14.9. The Balaban J connectivity index is 4.31. The van der Waals surface area contributed by atoms with Crippen LogP contribution >= 0.6 is 0 Å². The van der Waals surface area contributed by atoms with Gasteiger partial charge in [0.05, 0.1) is 13.5 Å². The van der Waals surface area contributed by atoms with Gasteiger partial charge in [0.15, 0.2) is 0 Å². The van der Waals surface area contributed by atoms with Crippen molar-refractivity contribution in [3.05, 3.63) is 0 Å². The second kappa shape index (κ2) is 8.10. The van der Waals surface area contributed by atoms with Crippen LogP contribution in [-0.2, 0) is 19.1 Å². The lowest BCUT2D eigenvalue weighted by atomic mass is 10.2. The molecule has 5 heteroatoms. The van der Waals surface area contributed by atoms with Gasteiger partial charge in [-0.15, -0.1) is 0 Å². The molecule has 0 rings (SSSR count). The molecule has 0 aliphatic heterocycles. The van der Waals surface area contributed by atoms with E-state index in [9.17, 15) is 9.59 Å². The van der Waals surface area contributed by atoms with E-state index < -0.39 is 0 Å². The topological polar surface area (TPSA) is 55.8 Å². The first-order chi connectivity index (χ1) is 7.56. The molecule has 0 aromatic rings. The second-order valence-corrected chi connectivity index (χ2v) is 3.60. The van der Waals surface area contributed by atoms with Crippen molar-refractivity contribution in [1.82, 2.24) is 4.90 Å². The summed E-state index contributed by atoms with van der Waals surface area (Å²) in [6.07, 6.45) is 1.06. The van der Waals surface area contributed by atoms with E-state index in [0.29, 0.717) is 6.54 Å². The lowest BCUT2D eigenvalue weighted by Gasteiger charge is -2.28. The van der Waals surface area contributed by atoms with Gasteiger partial charge in [0, 0.05) is 19.7 Å². The van der Waals surface area contributed by atoms with Crippen LogP contribution in [0.4, 0.5) is 0 Å². The number of carbonyl (C=O) groups is 2. The van der Waals surface area contributed by atoms with Crippen molar-refractivity contribution in [3.8, 4) is 0 Å². The molecule has 0 fully saturated rings. The van der Waals surface area contributed by atoms with Crippen molar-refractivity contribution in [1.29, 1.82) is 0 Å². The van der Waals surface area contributed by atoms with Crippen LogP contribution < -0.4 is 0 Å². The molecule has 1 amide bonds. The van der Waals surface area contributed by atoms with Gasteiger partial charge in [0.25, 0.3) is 0 Å². The Kier molecular flexibility index (Phi) is 7.54. The zero-order chi connectivity index (χ0) is 12.6. The van der Waals surface area contributed by atoms with E-state index in [4.69, 9.17) is 4.74 Å². The fraction of sp³-hybridized carbons (Fsp3) is 0.818. The van der Waals surface area contributed by atoms with Crippen LogP contribution in [0, 0.1) is 0 Å². The number of methoxy groups -OCH3 is 2. The molecule has 0 aliphatic rings. The molecule has 5 nitrogen and oxygen atoms in total. The Labute approximate surface area is 96.7 Å². The van der Waals surface area contributed by atoms with Gasteiger partial charge in [-0.05, 0) is 13.3 Å². The minimum atomic E-state index is -0.307. The van der Waals surface area contributed by atoms with Crippen molar-refractivity contribution in [2.45, 2.75) is 32.7 Å². The Morgan fingerprint density at radius 3 is 2.38 bits per heavy atom. The first-order valence-electron chi connectivity index (χ1n) is 5.42. The molecule has 0 aliphatic carbocycles. The third-order valence-corrected chi connectivity index (χ3v) is 2.50. The summed E-state index contributed by atoms with van der Waals surface area (Å²) >= 11 is 0. The minimum absolute atomic E-state index is 0.0471. The molecule has 0 radical (unpaired) electrons. The highest BCUT2D eigenvalue weighted by Gasteiger charge is 2.19. The smallest absolute Gasteiger partial charge is 0.307 e. The van der Waals surface area contributed by atoms with E-state index in [0.717, 1.165) is 6.42 Å². The van der Waals surface area contributed by atoms with Crippen LogP contribution in [0.3, 0.4) is 0 Å². The van der Waals surface area contributed by atoms with Gasteiger partial charge < -0.3 is 14.4 Å². The highest BCUT2D eigenvalue weighted by Crippen LogP contribution is 2.05. The van der Waals surface area contributed by atoms with Crippen molar-refractivity contribution in [2.75, 3.05) is 27.4 Å². The number of amides is 1. The van der Waals surface area contributed by atoms with Gasteiger partial charge in [-0.3, -0.25) is 9.59 Å². The third-order valence-electron chi connectivity index (χ3n) is 2.50. The second-order valence-electron chi connectivity index (χ2n) is 3.60. The Hall–Kier alpha value is -1.10. The quantitative estimate of drug-likeness (QED) is 0.609. The summed E-state index contributed by atoms with van der Waals surface area (Å²) in [4.78, 5) is 24.4. The average molecular weight is 231 g/mol. The summed E-state index contributed by atoms with van der Waals surface area (Å²) in [6.45, 7) is 4.37. The molecular formula is C11H21NO4. The maximum atomic E-state index is 11.7. The van der Waals surface area contributed by atoms with E-state index in [-0.39, 0.29) is 30.9 Å². The summed E-state index contributed by atoms with van der Waals surface area (Å²) in [6, 6.07) is 0.104. The van der Waals surface area contributed by atoms with Crippen molar-refractivity contribution in [3.63, 3.8) is 0 Å². The molecular weight excluding hydrogens is 210 g/mol. The first-order valence-corrected chi connectivity index (χ1v) is 5.42. The summed E-state index contributed by atoms with van der Waals surface area (Å²) < 4.78 is 9.35. The van der Waals surface area contributed by atoms with Crippen LogP contribution in [0.5, 0.6) is 0 Å². The molecule has 0 heterocycles. The molecule has 16 heavy (non-hydrogen) atoms. The molecule has 0 saturated heterocycles. The summed E-state index contributed by atoms with van der Waals surface area (Å²) in [5.74, 6) is -0.403. The predicted molar refractivity (Wildman–Crippen MR) is 60.0 cm³/mol. The van der Waals surface area contributed by atoms with Crippen LogP contribution in [-0.4, -0.2) is 50.2 Å². The largest absolute Gasteiger partial charge is 0.469 e. The standard InChI is InChI=1S/C11H21NO4/c1-5-9(2)12(10(13)8-15-3)7-6-11(14)16-4/h9H,5-8H2,1-4H3. The molecule has 0 aromatic heterocycles. The molecule has 0 aromatic carbocycles. The Bertz CT molecular complexity index is 230. The van der Waals surface area contributed by atoms with Gasteiger partial charge >= 0.3 is 5.97 Å². The molecule has 94 valence electrons. The number of hydrogen-bond donors (Lipinski definition) is 0. The third kappa shape index (κ3) is 5.11. The summed E-state index contributed by atoms with van der Waals surface area (Å²) in [7, 11) is 2.82. The molecule has 0 bridgehead atoms. The van der Waals surface area contributed by atoms with Crippen LogP contribution in [0.1, 0.15) is 26.7 Å². The van der Waals surface area contributed by atoms with Gasteiger partial charge in [-0.2, -0.15) is 0 Å². The zero-order valence-corrected chi connectivity index (χ0v) is 10.5. The Morgan fingerprint density at radius 2 is 1.94 bits per heavy atom. The number of esters is 1. The van der Waals surface area contributed by atoms with E-state index >= 15 is 0 Å². The fourth-order valence-electron chi connectivity index (χ4n) is 1.33. The maximum Gasteiger partial charge on any atom is 0.307 e. The number of nitrogens with zero attached hydrogens (tertiary/aromatic N) is 1. The van der Waals surface area contributed by atoms with E-state index in [1.165, 1.54) is 14.2 Å². The monoisotopic (exact) mass is 231 g/mol. The number of carbonyl (C=O) groups excluding carboxylic acids is 2. The summed E-state index contributed by atoms with van der Waals surface area (Å²) in [5.41, 5.74) is 0. The van der Waals surface area contributed by atoms with Crippen molar-refractivity contribution >= 4 is 11.9 Å². The number of ether oxygens (including phenoxy) is 2. The van der Waals surface area contributed by atoms with E-state index in [2.05, 4.69) is 4.74 Å². The molecule has 0 N–H and O–H groups in total. The van der Waals surface area contributed by atoms with Crippen LogP contribution in [0.2, 0.25) is 0 Å².